The van der Waals surface area contributed by atoms with Crippen LogP contribution in [-0.2, 0) is 19.1 Å². The quantitative estimate of drug-likeness (QED) is 0.576. The fraction of sp³-hybridized carbons (Fsp3) is 0.400. The zero-order valence-corrected chi connectivity index (χ0v) is 12.7. The van der Waals surface area contributed by atoms with Gasteiger partial charge in [-0.2, -0.15) is 0 Å². The Bertz CT molecular complexity index is 530. The zero-order valence-electron chi connectivity index (χ0n) is 12.7. The van der Waals surface area contributed by atoms with E-state index in [0.717, 1.165) is 5.56 Å². The van der Waals surface area contributed by atoms with Gasteiger partial charge in [0.1, 0.15) is 5.75 Å². The molecular weight excluding hydrogens is 288 g/mol. The average Bonchev–Trinajstić information content (AvgIpc) is 2.49. The maximum atomic E-state index is 11.5. The van der Waals surface area contributed by atoms with Crippen molar-refractivity contribution in [2.45, 2.75) is 26.7 Å². The molecule has 0 bridgehead atoms. The predicted molar refractivity (Wildman–Crippen MR) is 78.8 cm³/mol. The lowest BCUT2D eigenvalue weighted by molar-refractivity contribution is -0.144. The molecule has 0 radical (unpaired) electrons. The minimum Gasteiger partial charge on any atom is -0.484 e. The molecule has 0 fully saturated rings. The summed E-state index contributed by atoms with van der Waals surface area (Å²) in [5, 5.41) is 0. The SMILES string of the molecule is CCOC(=O)CCC(=O)NNC(=O)COc1cccc(C)c1. The van der Waals surface area contributed by atoms with E-state index in [4.69, 9.17) is 4.74 Å². The van der Waals surface area contributed by atoms with E-state index in [0.29, 0.717) is 5.75 Å². The number of ether oxygens (including phenoxy) is 2. The minimum absolute atomic E-state index is 0.0324. The molecule has 0 spiro atoms. The lowest BCUT2D eigenvalue weighted by Gasteiger charge is -2.09. The van der Waals surface area contributed by atoms with E-state index < -0.39 is 17.8 Å². The van der Waals surface area contributed by atoms with Gasteiger partial charge in [0.05, 0.1) is 13.0 Å². The zero-order chi connectivity index (χ0) is 16.4. The molecule has 7 nitrogen and oxygen atoms in total. The summed E-state index contributed by atoms with van der Waals surface area (Å²) >= 11 is 0. The van der Waals surface area contributed by atoms with Gasteiger partial charge in [0.2, 0.25) is 5.91 Å². The van der Waals surface area contributed by atoms with Gasteiger partial charge in [-0.05, 0) is 31.5 Å². The number of nitrogens with one attached hydrogen (secondary N) is 2. The molecule has 120 valence electrons. The summed E-state index contributed by atoms with van der Waals surface area (Å²) in [6.07, 6.45) is -0.0901. The highest BCUT2D eigenvalue weighted by Crippen LogP contribution is 2.11. The van der Waals surface area contributed by atoms with Gasteiger partial charge >= 0.3 is 5.97 Å². The first-order chi connectivity index (χ1) is 10.5. The number of aryl methyl sites for hydroxylation is 1. The normalized spacial score (nSPS) is 9.73. The Morgan fingerprint density at radius 1 is 1.09 bits per heavy atom. The molecule has 0 aliphatic carbocycles. The predicted octanol–water partition coefficient (Wildman–Crippen LogP) is 0.865. The summed E-state index contributed by atoms with van der Waals surface area (Å²) in [5.74, 6) is -0.849. The molecule has 1 aromatic carbocycles. The Balaban J connectivity index is 2.20. The van der Waals surface area contributed by atoms with Crippen molar-refractivity contribution >= 4 is 17.8 Å². The molecule has 0 saturated heterocycles. The average molecular weight is 308 g/mol. The van der Waals surface area contributed by atoms with Gasteiger partial charge in [-0.3, -0.25) is 25.2 Å². The molecule has 0 aliphatic rings. The fourth-order valence-electron chi connectivity index (χ4n) is 1.54. The molecule has 0 aromatic heterocycles. The van der Waals surface area contributed by atoms with Crippen molar-refractivity contribution in [1.29, 1.82) is 0 Å². The van der Waals surface area contributed by atoms with E-state index in [1.54, 1.807) is 19.1 Å². The Morgan fingerprint density at radius 3 is 2.50 bits per heavy atom. The smallest absolute Gasteiger partial charge is 0.306 e. The first kappa shape index (κ1) is 17.5. The second-order valence-corrected chi connectivity index (χ2v) is 4.51. The van der Waals surface area contributed by atoms with Crippen LogP contribution in [-0.4, -0.2) is 31.0 Å². The lowest BCUT2D eigenvalue weighted by Crippen LogP contribution is -2.43. The lowest BCUT2D eigenvalue weighted by atomic mass is 10.2. The van der Waals surface area contributed by atoms with Crippen molar-refractivity contribution in [3.8, 4) is 5.75 Å². The molecule has 2 amide bonds. The molecule has 7 heteroatoms. The van der Waals surface area contributed by atoms with Crippen molar-refractivity contribution < 1.29 is 23.9 Å². The van der Waals surface area contributed by atoms with Crippen molar-refractivity contribution in [2.75, 3.05) is 13.2 Å². The van der Waals surface area contributed by atoms with Gasteiger partial charge in [-0.1, -0.05) is 12.1 Å². The number of hydrogen-bond acceptors (Lipinski definition) is 5. The van der Waals surface area contributed by atoms with Crippen LogP contribution in [0.1, 0.15) is 25.3 Å². The van der Waals surface area contributed by atoms with E-state index in [2.05, 4.69) is 15.6 Å². The molecule has 0 unspecified atom stereocenters. The van der Waals surface area contributed by atoms with E-state index in [9.17, 15) is 14.4 Å². The Morgan fingerprint density at radius 2 is 1.82 bits per heavy atom. The maximum absolute atomic E-state index is 11.5. The highest BCUT2D eigenvalue weighted by molar-refractivity contribution is 5.84. The number of esters is 1. The van der Waals surface area contributed by atoms with Crippen molar-refractivity contribution in [2.24, 2.45) is 0 Å². The topological polar surface area (TPSA) is 93.7 Å². The first-order valence-electron chi connectivity index (χ1n) is 6.94. The Hall–Kier alpha value is -2.57. The van der Waals surface area contributed by atoms with Crippen molar-refractivity contribution in [1.82, 2.24) is 10.9 Å². The summed E-state index contributed by atoms with van der Waals surface area (Å²) in [6.45, 7) is 3.65. The van der Waals surface area contributed by atoms with Gasteiger partial charge < -0.3 is 9.47 Å². The number of amides is 2. The molecule has 2 N–H and O–H groups in total. The van der Waals surface area contributed by atoms with Crippen LogP contribution in [0.2, 0.25) is 0 Å². The summed E-state index contributed by atoms with van der Waals surface area (Å²) < 4.78 is 9.96. The summed E-state index contributed by atoms with van der Waals surface area (Å²) in [6, 6.07) is 7.26. The summed E-state index contributed by atoms with van der Waals surface area (Å²) in [5.41, 5.74) is 5.43. The summed E-state index contributed by atoms with van der Waals surface area (Å²) in [7, 11) is 0. The van der Waals surface area contributed by atoms with Crippen LogP contribution in [0.25, 0.3) is 0 Å². The molecule has 0 aliphatic heterocycles. The highest BCUT2D eigenvalue weighted by Gasteiger charge is 2.09. The third kappa shape index (κ3) is 7.28. The molecule has 0 atom stereocenters. The van der Waals surface area contributed by atoms with Gasteiger partial charge in [0.25, 0.3) is 5.91 Å². The second-order valence-electron chi connectivity index (χ2n) is 4.51. The van der Waals surface area contributed by atoms with Crippen LogP contribution >= 0.6 is 0 Å². The second kappa shape index (κ2) is 9.38. The largest absolute Gasteiger partial charge is 0.484 e. The van der Waals surface area contributed by atoms with Gasteiger partial charge in [-0.25, -0.2) is 0 Å². The number of benzene rings is 1. The monoisotopic (exact) mass is 308 g/mol. The number of carbonyl (C=O) groups is 3. The molecule has 0 saturated carbocycles. The standard InChI is InChI=1S/C15H20N2O5/c1-3-21-15(20)8-7-13(18)16-17-14(19)10-22-12-6-4-5-11(2)9-12/h4-6,9H,3,7-8,10H2,1-2H3,(H,16,18)(H,17,19). The first-order valence-corrected chi connectivity index (χ1v) is 6.94. The van der Waals surface area contributed by atoms with E-state index in [1.165, 1.54) is 0 Å². The van der Waals surface area contributed by atoms with Crippen LogP contribution in [0.3, 0.4) is 0 Å². The fourth-order valence-corrected chi connectivity index (χ4v) is 1.54. The van der Waals surface area contributed by atoms with Gasteiger partial charge in [0, 0.05) is 6.42 Å². The number of rotatable bonds is 7. The van der Waals surface area contributed by atoms with E-state index in [-0.39, 0.29) is 26.1 Å². The summed E-state index contributed by atoms with van der Waals surface area (Å²) in [4.78, 5) is 34.0. The van der Waals surface area contributed by atoms with E-state index >= 15 is 0 Å². The van der Waals surface area contributed by atoms with Crippen LogP contribution in [0.5, 0.6) is 5.75 Å². The minimum atomic E-state index is -0.494. The van der Waals surface area contributed by atoms with E-state index in [1.807, 2.05) is 19.1 Å². The Kier molecular flexibility index (Phi) is 7.45. The Labute approximate surface area is 128 Å². The third-order valence-electron chi connectivity index (χ3n) is 2.56. The number of hydrogen-bond donors (Lipinski definition) is 2. The molecule has 1 rings (SSSR count). The molecular formula is C15H20N2O5. The maximum Gasteiger partial charge on any atom is 0.306 e. The molecule has 22 heavy (non-hydrogen) atoms. The third-order valence-corrected chi connectivity index (χ3v) is 2.56. The van der Waals surface area contributed by atoms with Crippen LogP contribution < -0.4 is 15.6 Å². The van der Waals surface area contributed by atoms with Crippen LogP contribution in [0, 0.1) is 6.92 Å². The van der Waals surface area contributed by atoms with Gasteiger partial charge in [0.15, 0.2) is 6.61 Å². The number of carbonyl (C=O) groups excluding carboxylic acids is 3. The number of hydrazine groups is 1. The van der Waals surface area contributed by atoms with Crippen LogP contribution in [0.4, 0.5) is 0 Å². The molecule has 1 aromatic rings. The molecule has 0 heterocycles. The van der Waals surface area contributed by atoms with Gasteiger partial charge in [-0.15, -0.1) is 0 Å². The highest BCUT2D eigenvalue weighted by atomic mass is 16.5. The van der Waals surface area contributed by atoms with Crippen molar-refractivity contribution in [3.05, 3.63) is 29.8 Å². The van der Waals surface area contributed by atoms with Crippen molar-refractivity contribution in [3.63, 3.8) is 0 Å². The van der Waals surface area contributed by atoms with Crippen LogP contribution in [0.15, 0.2) is 24.3 Å².